The van der Waals surface area contributed by atoms with Gasteiger partial charge in [-0.1, -0.05) is 13.8 Å². The van der Waals surface area contributed by atoms with Crippen LogP contribution in [-0.2, 0) is 23.9 Å². The molecule has 0 aliphatic carbocycles. The molecular formula is C13H20BrClO5. The maximum absolute atomic E-state index is 11.6. The van der Waals surface area contributed by atoms with Crippen LogP contribution in [0.5, 0.6) is 0 Å². The summed E-state index contributed by atoms with van der Waals surface area (Å²) in [6.45, 7) is 5.20. The van der Waals surface area contributed by atoms with Crippen LogP contribution >= 0.6 is 27.5 Å². The fraction of sp³-hybridized carbons (Fsp3) is 0.769. The Morgan fingerprint density at radius 1 is 1.20 bits per heavy atom. The molecule has 0 N–H and O–H groups in total. The maximum Gasteiger partial charge on any atom is 0.321 e. The molecule has 0 saturated carbocycles. The fourth-order valence-electron chi connectivity index (χ4n) is 2.00. The standard InChI is InChI=1S/C13H20BrClO5/c1-7(5-8(2)12(14)17)11(20-10(16)6-15)9(3)13(18)19-4/h7-9,11H,5-6H2,1-4H3/t7-,8+,9+,11-/m0/s1. The first kappa shape index (κ1) is 19.4. The number of alkyl halides is 1. The molecule has 0 unspecified atom stereocenters. The van der Waals surface area contributed by atoms with E-state index in [4.69, 9.17) is 16.3 Å². The number of halogens is 2. The summed E-state index contributed by atoms with van der Waals surface area (Å²) in [7, 11) is 1.27. The van der Waals surface area contributed by atoms with Gasteiger partial charge in [0, 0.05) is 5.92 Å². The minimum absolute atomic E-state index is 0.127. The molecule has 4 atom stereocenters. The molecule has 20 heavy (non-hydrogen) atoms. The molecule has 116 valence electrons. The highest BCUT2D eigenvalue weighted by atomic mass is 79.9. The summed E-state index contributed by atoms with van der Waals surface area (Å²) in [6.07, 6.45) is -0.200. The highest BCUT2D eigenvalue weighted by Gasteiger charge is 2.34. The van der Waals surface area contributed by atoms with E-state index in [-0.39, 0.29) is 22.4 Å². The number of esters is 2. The van der Waals surface area contributed by atoms with Gasteiger partial charge in [0.25, 0.3) is 0 Å². The SMILES string of the molecule is COC(=O)[C@H](C)[C@@H](OC(=O)CCl)[C@@H](C)C[C@@H](C)C(=O)Br. The lowest BCUT2D eigenvalue weighted by Crippen LogP contribution is -2.37. The minimum atomic E-state index is -0.678. The monoisotopic (exact) mass is 370 g/mol. The number of carbonyl (C=O) groups excluding carboxylic acids is 3. The van der Waals surface area contributed by atoms with Crippen LogP contribution in [0.25, 0.3) is 0 Å². The van der Waals surface area contributed by atoms with E-state index in [2.05, 4.69) is 20.7 Å². The van der Waals surface area contributed by atoms with Crippen LogP contribution in [0.15, 0.2) is 0 Å². The predicted octanol–water partition coefficient (Wildman–Crippen LogP) is 2.53. The molecule has 0 amide bonds. The van der Waals surface area contributed by atoms with Crippen molar-refractivity contribution in [3.8, 4) is 0 Å². The quantitative estimate of drug-likeness (QED) is 0.372. The maximum atomic E-state index is 11.6. The van der Waals surface area contributed by atoms with Gasteiger partial charge in [0.2, 0.25) is 4.69 Å². The first-order valence-electron chi connectivity index (χ1n) is 6.27. The zero-order chi connectivity index (χ0) is 15.9. The molecule has 0 saturated heterocycles. The van der Waals surface area contributed by atoms with E-state index in [1.807, 2.05) is 6.92 Å². The van der Waals surface area contributed by atoms with Crippen molar-refractivity contribution in [3.63, 3.8) is 0 Å². The largest absolute Gasteiger partial charge is 0.469 e. The normalized spacial score (nSPS) is 16.7. The van der Waals surface area contributed by atoms with Crippen molar-refractivity contribution in [1.29, 1.82) is 0 Å². The van der Waals surface area contributed by atoms with E-state index in [0.717, 1.165) is 0 Å². The number of rotatable bonds is 8. The van der Waals surface area contributed by atoms with Crippen LogP contribution in [0.1, 0.15) is 27.2 Å². The van der Waals surface area contributed by atoms with Crippen LogP contribution in [0.3, 0.4) is 0 Å². The number of ether oxygens (including phenoxy) is 2. The van der Waals surface area contributed by atoms with Gasteiger partial charge in [-0.3, -0.25) is 14.4 Å². The summed E-state index contributed by atoms with van der Waals surface area (Å²) in [5.74, 6) is -2.41. The molecule has 0 aliphatic heterocycles. The second-order valence-corrected chi connectivity index (χ2v) is 5.87. The Morgan fingerprint density at radius 2 is 1.75 bits per heavy atom. The lowest BCUT2D eigenvalue weighted by atomic mass is 9.87. The van der Waals surface area contributed by atoms with Crippen LogP contribution < -0.4 is 0 Å². The topological polar surface area (TPSA) is 69.7 Å². The Balaban J connectivity index is 4.95. The molecule has 5 nitrogen and oxygen atoms in total. The summed E-state index contributed by atoms with van der Waals surface area (Å²) in [4.78, 5) is 34.2. The van der Waals surface area contributed by atoms with Crippen molar-refractivity contribution in [3.05, 3.63) is 0 Å². The van der Waals surface area contributed by atoms with Crippen LogP contribution in [0, 0.1) is 17.8 Å². The first-order chi connectivity index (χ1) is 9.24. The minimum Gasteiger partial charge on any atom is -0.469 e. The average molecular weight is 372 g/mol. The van der Waals surface area contributed by atoms with Crippen molar-refractivity contribution in [2.24, 2.45) is 17.8 Å². The third kappa shape index (κ3) is 6.22. The number of methoxy groups -OCH3 is 1. The predicted molar refractivity (Wildman–Crippen MR) is 78.7 cm³/mol. The van der Waals surface area contributed by atoms with Gasteiger partial charge >= 0.3 is 11.9 Å². The zero-order valence-electron chi connectivity index (χ0n) is 12.0. The van der Waals surface area contributed by atoms with Gasteiger partial charge in [-0.15, -0.1) is 11.6 Å². The van der Waals surface area contributed by atoms with Gasteiger partial charge in [-0.2, -0.15) is 0 Å². The first-order valence-corrected chi connectivity index (χ1v) is 7.59. The molecule has 0 spiro atoms. The van der Waals surface area contributed by atoms with Gasteiger partial charge in [-0.05, 0) is 35.2 Å². The molecule has 0 aromatic rings. The van der Waals surface area contributed by atoms with Crippen molar-refractivity contribution < 1.29 is 23.9 Å². The number of hydrogen-bond donors (Lipinski definition) is 0. The van der Waals surface area contributed by atoms with E-state index in [1.54, 1.807) is 13.8 Å². The molecule has 0 aliphatic rings. The van der Waals surface area contributed by atoms with E-state index >= 15 is 0 Å². The lowest BCUT2D eigenvalue weighted by molar-refractivity contribution is -0.161. The summed E-state index contributed by atoms with van der Waals surface area (Å²) in [5, 5.41) is 0. The molecule has 7 heteroatoms. The summed E-state index contributed by atoms with van der Waals surface area (Å²) in [6, 6.07) is 0. The molecule has 0 aromatic carbocycles. The summed E-state index contributed by atoms with van der Waals surface area (Å²) < 4.78 is 9.77. The van der Waals surface area contributed by atoms with Gasteiger partial charge in [0.15, 0.2) is 0 Å². The van der Waals surface area contributed by atoms with E-state index in [1.165, 1.54) is 7.11 Å². The van der Waals surface area contributed by atoms with Gasteiger partial charge < -0.3 is 9.47 Å². The lowest BCUT2D eigenvalue weighted by Gasteiger charge is -2.28. The third-order valence-electron chi connectivity index (χ3n) is 3.12. The van der Waals surface area contributed by atoms with Gasteiger partial charge in [0.05, 0.1) is 13.0 Å². The van der Waals surface area contributed by atoms with E-state index in [0.29, 0.717) is 6.42 Å². The number of hydrogen-bond acceptors (Lipinski definition) is 5. The molecule has 0 fully saturated rings. The third-order valence-corrected chi connectivity index (χ3v) is 4.12. The molecule has 0 bridgehead atoms. The van der Waals surface area contributed by atoms with Crippen LogP contribution in [-0.4, -0.2) is 35.7 Å². The molecular weight excluding hydrogens is 351 g/mol. The number of carbonyl (C=O) groups is 3. The summed E-state index contributed by atoms with van der Waals surface area (Å²) in [5.41, 5.74) is 0. The Bertz CT molecular complexity index is 361. The Hall–Kier alpha value is -0.620. The smallest absolute Gasteiger partial charge is 0.321 e. The fourth-order valence-corrected chi connectivity index (χ4v) is 2.25. The molecule has 0 radical (unpaired) electrons. The second-order valence-electron chi connectivity index (χ2n) is 4.82. The molecule has 0 rings (SSSR count). The summed E-state index contributed by atoms with van der Waals surface area (Å²) >= 11 is 8.32. The van der Waals surface area contributed by atoms with E-state index in [9.17, 15) is 14.4 Å². The van der Waals surface area contributed by atoms with Gasteiger partial charge in [0.1, 0.15) is 12.0 Å². The Kier molecular flexibility index (Phi) is 9.05. The Morgan fingerprint density at radius 3 is 2.15 bits per heavy atom. The second kappa shape index (κ2) is 9.34. The molecule has 0 heterocycles. The highest BCUT2D eigenvalue weighted by Crippen LogP contribution is 2.26. The van der Waals surface area contributed by atoms with Crippen LogP contribution in [0.2, 0.25) is 0 Å². The Labute approximate surface area is 132 Å². The molecule has 0 aromatic heterocycles. The van der Waals surface area contributed by atoms with Gasteiger partial charge in [-0.25, -0.2) is 0 Å². The van der Waals surface area contributed by atoms with Crippen molar-refractivity contribution >= 4 is 44.2 Å². The zero-order valence-corrected chi connectivity index (χ0v) is 14.4. The van der Waals surface area contributed by atoms with Crippen LogP contribution in [0.4, 0.5) is 0 Å². The van der Waals surface area contributed by atoms with Crippen molar-refractivity contribution in [1.82, 2.24) is 0 Å². The van der Waals surface area contributed by atoms with Crippen molar-refractivity contribution in [2.75, 3.05) is 13.0 Å². The average Bonchev–Trinajstić information content (AvgIpc) is 2.42. The highest BCUT2D eigenvalue weighted by molar-refractivity contribution is 9.18. The van der Waals surface area contributed by atoms with Crippen molar-refractivity contribution in [2.45, 2.75) is 33.3 Å². The van der Waals surface area contributed by atoms with E-state index < -0.39 is 24.0 Å².